The number of thiophene rings is 1. The predicted molar refractivity (Wildman–Crippen MR) is 102 cm³/mol. The number of anilines is 1. The summed E-state index contributed by atoms with van der Waals surface area (Å²) in [4.78, 5) is 13.0. The van der Waals surface area contributed by atoms with Gasteiger partial charge in [-0.25, -0.2) is 8.42 Å². The molecule has 0 radical (unpaired) electrons. The van der Waals surface area contributed by atoms with Crippen LogP contribution in [0.5, 0.6) is 5.75 Å². The van der Waals surface area contributed by atoms with Crippen molar-refractivity contribution in [3.63, 3.8) is 0 Å². The smallest absolute Gasteiger partial charge is 0.265 e. The molecule has 1 amide bonds. The Hall–Kier alpha value is -1.90. The SMILES string of the molecule is COc1ccc(NC(=O)c2cc(S(=O)(=O)N3CCC[C@@H](C)C3)cs2)cc1. The Morgan fingerprint density at radius 3 is 2.69 bits per heavy atom. The van der Waals surface area contributed by atoms with E-state index in [0.29, 0.717) is 35.3 Å². The topological polar surface area (TPSA) is 75.7 Å². The van der Waals surface area contributed by atoms with Gasteiger partial charge in [0.15, 0.2) is 0 Å². The maximum atomic E-state index is 12.8. The number of rotatable bonds is 5. The molecule has 2 heterocycles. The fourth-order valence-corrected chi connectivity index (χ4v) is 5.71. The standard InChI is InChI=1S/C18H22N2O4S2/c1-13-4-3-9-20(11-13)26(22,23)16-10-17(25-12-16)18(21)19-14-5-7-15(24-2)8-6-14/h5-8,10,12-13H,3-4,9,11H2,1-2H3,(H,19,21)/t13-/m1/s1. The van der Waals surface area contributed by atoms with E-state index in [2.05, 4.69) is 12.2 Å². The molecular formula is C18H22N2O4S2. The number of ether oxygens (including phenoxy) is 1. The van der Waals surface area contributed by atoms with Crippen LogP contribution in [0.25, 0.3) is 0 Å². The van der Waals surface area contributed by atoms with Crippen molar-refractivity contribution in [2.75, 3.05) is 25.5 Å². The van der Waals surface area contributed by atoms with Gasteiger partial charge in [-0.05, 0) is 49.1 Å². The first-order valence-electron chi connectivity index (χ1n) is 8.44. The Balaban J connectivity index is 1.72. The van der Waals surface area contributed by atoms with Crippen LogP contribution < -0.4 is 10.1 Å². The number of hydrogen-bond donors (Lipinski definition) is 1. The Morgan fingerprint density at radius 2 is 2.04 bits per heavy atom. The van der Waals surface area contributed by atoms with Crippen LogP contribution in [0.15, 0.2) is 40.6 Å². The van der Waals surface area contributed by atoms with Gasteiger partial charge in [-0.3, -0.25) is 4.79 Å². The fraction of sp³-hybridized carbons (Fsp3) is 0.389. The highest BCUT2D eigenvalue weighted by atomic mass is 32.2. The quantitative estimate of drug-likeness (QED) is 0.843. The number of nitrogens with zero attached hydrogens (tertiary/aromatic N) is 1. The Kier molecular flexibility index (Phi) is 5.64. The van der Waals surface area contributed by atoms with Crippen LogP contribution in [0.3, 0.4) is 0 Å². The molecule has 1 aromatic heterocycles. The first kappa shape index (κ1) is 18.9. The van der Waals surface area contributed by atoms with Crippen LogP contribution in [0.2, 0.25) is 0 Å². The van der Waals surface area contributed by atoms with E-state index >= 15 is 0 Å². The third-order valence-corrected chi connectivity index (χ3v) is 7.33. The maximum absolute atomic E-state index is 12.8. The minimum Gasteiger partial charge on any atom is -0.497 e. The van der Waals surface area contributed by atoms with Gasteiger partial charge in [-0.15, -0.1) is 11.3 Å². The number of carbonyl (C=O) groups excluding carboxylic acids is 1. The van der Waals surface area contributed by atoms with Crippen LogP contribution in [0.4, 0.5) is 5.69 Å². The van der Waals surface area contributed by atoms with E-state index in [4.69, 9.17) is 4.74 Å². The van der Waals surface area contributed by atoms with E-state index in [0.717, 1.165) is 24.2 Å². The van der Waals surface area contributed by atoms with Crippen LogP contribution >= 0.6 is 11.3 Å². The Bertz CT molecular complexity index is 875. The predicted octanol–water partition coefficient (Wildman–Crippen LogP) is 3.43. The molecule has 1 N–H and O–H groups in total. The van der Waals surface area contributed by atoms with Crippen molar-refractivity contribution < 1.29 is 17.9 Å². The zero-order chi connectivity index (χ0) is 18.7. The molecule has 0 unspecified atom stereocenters. The van der Waals surface area contributed by atoms with Crippen molar-refractivity contribution in [2.45, 2.75) is 24.7 Å². The molecule has 1 aliphatic heterocycles. The molecule has 0 bridgehead atoms. The highest BCUT2D eigenvalue weighted by molar-refractivity contribution is 7.89. The monoisotopic (exact) mass is 394 g/mol. The number of amides is 1. The number of benzene rings is 1. The molecule has 2 aromatic rings. The lowest BCUT2D eigenvalue weighted by Gasteiger charge is -2.29. The lowest BCUT2D eigenvalue weighted by Crippen LogP contribution is -2.38. The second kappa shape index (κ2) is 7.77. The molecule has 26 heavy (non-hydrogen) atoms. The summed E-state index contributed by atoms with van der Waals surface area (Å²) in [6.07, 6.45) is 1.92. The van der Waals surface area contributed by atoms with E-state index < -0.39 is 10.0 Å². The van der Waals surface area contributed by atoms with Gasteiger partial charge in [0.1, 0.15) is 5.75 Å². The summed E-state index contributed by atoms with van der Waals surface area (Å²) >= 11 is 1.13. The molecule has 0 aliphatic carbocycles. The molecule has 0 saturated carbocycles. The third-order valence-electron chi connectivity index (χ3n) is 4.40. The lowest BCUT2D eigenvalue weighted by atomic mass is 10.0. The number of piperidine rings is 1. The van der Waals surface area contributed by atoms with Crippen molar-refractivity contribution in [3.8, 4) is 5.75 Å². The second-order valence-electron chi connectivity index (χ2n) is 6.44. The van der Waals surface area contributed by atoms with Gasteiger partial charge in [0, 0.05) is 24.2 Å². The van der Waals surface area contributed by atoms with Gasteiger partial charge < -0.3 is 10.1 Å². The molecular weight excluding hydrogens is 372 g/mol. The van der Waals surface area contributed by atoms with E-state index in [9.17, 15) is 13.2 Å². The lowest BCUT2D eigenvalue weighted by molar-refractivity contribution is 0.103. The van der Waals surface area contributed by atoms with E-state index in [1.54, 1.807) is 31.4 Å². The normalized spacial score (nSPS) is 18.5. The molecule has 6 nitrogen and oxygen atoms in total. The number of sulfonamides is 1. The molecule has 1 aliphatic rings. The molecule has 1 aromatic carbocycles. The van der Waals surface area contributed by atoms with Gasteiger partial charge in [-0.2, -0.15) is 4.31 Å². The molecule has 1 fully saturated rings. The average molecular weight is 395 g/mol. The second-order valence-corrected chi connectivity index (χ2v) is 9.29. The molecule has 1 atom stereocenters. The molecule has 3 rings (SSSR count). The highest BCUT2D eigenvalue weighted by Gasteiger charge is 2.30. The summed E-state index contributed by atoms with van der Waals surface area (Å²) in [5.74, 6) is 0.729. The van der Waals surface area contributed by atoms with E-state index in [1.807, 2.05) is 0 Å². The van der Waals surface area contributed by atoms with Crippen molar-refractivity contribution >= 4 is 33.0 Å². The zero-order valence-corrected chi connectivity index (χ0v) is 16.4. The van der Waals surface area contributed by atoms with Crippen molar-refractivity contribution in [2.24, 2.45) is 5.92 Å². The molecule has 140 valence electrons. The maximum Gasteiger partial charge on any atom is 0.265 e. The van der Waals surface area contributed by atoms with Gasteiger partial charge in [0.05, 0.1) is 16.9 Å². The van der Waals surface area contributed by atoms with Gasteiger partial charge in [0.2, 0.25) is 10.0 Å². The minimum atomic E-state index is -3.54. The van der Waals surface area contributed by atoms with Crippen LogP contribution in [-0.4, -0.2) is 38.8 Å². The van der Waals surface area contributed by atoms with Crippen LogP contribution in [0.1, 0.15) is 29.4 Å². The number of methoxy groups -OCH3 is 1. The van der Waals surface area contributed by atoms with Gasteiger partial charge in [0.25, 0.3) is 5.91 Å². The summed E-state index contributed by atoms with van der Waals surface area (Å²) in [5, 5.41) is 4.31. The molecule has 8 heteroatoms. The van der Waals surface area contributed by atoms with Crippen LogP contribution in [0, 0.1) is 5.92 Å². The third kappa shape index (κ3) is 4.08. The van der Waals surface area contributed by atoms with Gasteiger partial charge in [-0.1, -0.05) is 6.92 Å². The minimum absolute atomic E-state index is 0.191. The zero-order valence-electron chi connectivity index (χ0n) is 14.8. The first-order chi connectivity index (χ1) is 12.4. The summed E-state index contributed by atoms with van der Waals surface area (Å²) in [7, 11) is -1.97. The van der Waals surface area contributed by atoms with Gasteiger partial charge >= 0.3 is 0 Å². The first-order valence-corrected chi connectivity index (χ1v) is 10.8. The van der Waals surface area contributed by atoms with E-state index in [-0.39, 0.29) is 10.8 Å². The summed E-state index contributed by atoms with van der Waals surface area (Å²) in [6.45, 7) is 3.13. The van der Waals surface area contributed by atoms with Crippen molar-refractivity contribution in [1.29, 1.82) is 0 Å². The molecule has 0 spiro atoms. The van der Waals surface area contributed by atoms with Crippen LogP contribution in [-0.2, 0) is 10.0 Å². The molecule has 1 saturated heterocycles. The number of hydrogen-bond acceptors (Lipinski definition) is 5. The van der Waals surface area contributed by atoms with Crippen molar-refractivity contribution in [3.05, 3.63) is 40.6 Å². The van der Waals surface area contributed by atoms with E-state index in [1.165, 1.54) is 15.8 Å². The number of carbonyl (C=O) groups is 1. The Morgan fingerprint density at radius 1 is 1.31 bits per heavy atom. The summed E-state index contributed by atoms with van der Waals surface area (Å²) < 4.78 is 32.2. The number of nitrogens with one attached hydrogen (secondary N) is 1. The summed E-state index contributed by atoms with van der Waals surface area (Å²) in [5.41, 5.74) is 0.624. The van der Waals surface area contributed by atoms with Crippen molar-refractivity contribution in [1.82, 2.24) is 4.31 Å². The summed E-state index contributed by atoms with van der Waals surface area (Å²) in [6, 6.07) is 8.42. The fourth-order valence-electron chi connectivity index (χ4n) is 2.95. The largest absolute Gasteiger partial charge is 0.497 e. The highest BCUT2D eigenvalue weighted by Crippen LogP contribution is 2.27. The average Bonchev–Trinajstić information content (AvgIpc) is 3.13. The Labute approximate surface area is 157 Å².